The molecule has 25 heavy (non-hydrogen) atoms. The number of para-hydroxylation sites is 1. The Kier molecular flexibility index (Phi) is 4.78. The summed E-state index contributed by atoms with van der Waals surface area (Å²) in [5.41, 5.74) is 0.880. The molecule has 4 rings (SSSR count). The van der Waals surface area contributed by atoms with Crippen LogP contribution in [0.5, 0.6) is 6.01 Å². The van der Waals surface area contributed by atoms with Crippen LogP contribution < -0.4 is 4.74 Å². The smallest absolute Gasteiger partial charge is 0.317 e. The monoisotopic (exact) mass is 340 g/mol. The van der Waals surface area contributed by atoms with Crippen LogP contribution in [0, 0.1) is 0 Å². The van der Waals surface area contributed by atoms with Crippen LogP contribution in [0.2, 0.25) is 0 Å². The predicted molar refractivity (Wildman–Crippen MR) is 95.4 cm³/mol. The first kappa shape index (κ1) is 16.3. The van der Waals surface area contributed by atoms with Crippen molar-refractivity contribution in [2.75, 3.05) is 32.7 Å². The van der Waals surface area contributed by atoms with Crippen molar-refractivity contribution in [2.45, 2.75) is 31.8 Å². The number of piperidine rings is 1. The molecular formula is C19H24N4O2. The number of nitrogens with zero attached hydrogens (tertiary/aromatic N) is 4. The second-order valence-electron chi connectivity index (χ2n) is 6.92. The van der Waals surface area contributed by atoms with E-state index < -0.39 is 0 Å². The highest BCUT2D eigenvalue weighted by atomic mass is 16.5. The minimum atomic E-state index is -0.0301. The van der Waals surface area contributed by atoms with Crippen molar-refractivity contribution >= 4 is 16.8 Å². The number of amides is 1. The number of carbonyl (C=O) groups is 1. The van der Waals surface area contributed by atoms with Gasteiger partial charge in [-0.1, -0.05) is 18.2 Å². The van der Waals surface area contributed by atoms with E-state index in [0.717, 1.165) is 43.4 Å². The lowest BCUT2D eigenvalue weighted by Crippen LogP contribution is -2.47. The Bertz CT molecular complexity index is 745. The molecule has 0 spiro atoms. The number of carbonyl (C=O) groups excluding carboxylic acids is 1. The van der Waals surface area contributed by atoms with Gasteiger partial charge in [0.1, 0.15) is 6.10 Å². The van der Waals surface area contributed by atoms with Gasteiger partial charge in [0, 0.05) is 18.1 Å². The third kappa shape index (κ3) is 3.90. The third-order valence-electron chi connectivity index (χ3n) is 5.03. The van der Waals surface area contributed by atoms with Crippen molar-refractivity contribution in [3.05, 3.63) is 30.5 Å². The van der Waals surface area contributed by atoms with Crippen molar-refractivity contribution in [1.82, 2.24) is 19.8 Å². The summed E-state index contributed by atoms with van der Waals surface area (Å²) in [5, 5.41) is 1.00. The Morgan fingerprint density at radius 3 is 2.88 bits per heavy atom. The van der Waals surface area contributed by atoms with Crippen molar-refractivity contribution in [1.29, 1.82) is 0 Å². The zero-order valence-corrected chi connectivity index (χ0v) is 14.4. The summed E-state index contributed by atoms with van der Waals surface area (Å²) < 4.78 is 5.98. The highest BCUT2D eigenvalue weighted by Gasteiger charge is 2.27. The van der Waals surface area contributed by atoms with Crippen LogP contribution in [-0.2, 0) is 4.79 Å². The molecule has 2 aliphatic rings. The van der Waals surface area contributed by atoms with Gasteiger partial charge in [-0.25, -0.2) is 4.98 Å². The predicted octanol–water partition coefficient (Wildman–Crippen LogP) is 2.10. The van der Waals surface area contributed by atoms with Crippen molar-refractivity contribution < 1.29 is 9.53 Å². The highest BCUT2D eigenvalue weighted by Crippen LogP contribution is 2.18. The molecule has 0 unspecified atom stereocenters. The lowest BCUT2D eigenvalue weighted by atomic mass is 10.1. The van der Waals surface area contributed by atoms with E-state index in [1.165, 1.54) is 12.8 Å². The first-order valence-corrected chi connectivity index (χ1v) is 9.16. The molecule has 0 saturated carbocycles. The van der Waals surface area contributed by atoms with Crippen LogP contribution in [0.1, 0.15) is 25.7 Å². The van der Waals surface area contributed by atoms with Gasteiger partial charge >= 0.3 is 6.01 Å². The summed E-state index contributed by atoms with van der Waals surface area (Å²) in [6.07, 6.45) is 6.07. The fourth-order valence-electron chi connectivity index (χ4n) is 3.65. The van der Waals surface area contributed by atoms with Crippen molar-refractivity contribution in [3.63, 3.8) is 0 Å². The first-order chi connectivity index (χ1) is 12.3. The summed E-state index contributed by atoms with van der Waals surface area (Å²) >= 11 is 0. The maximum atomic E-state index is 12.5. The van der Waals surface area contributed by atoms with Crippen molar-refractivity contribution in [3.8, 4) is 6.01 Å². The number of hydrogen-bond donors (Lipinski definition) is 0. The number of aromatic nitrogens is 2. The van der Waals surface area contributed by atoms with E-state index in [0.29, 0.717) is 19.1 Å². The van der Waals surface area contributed by atoms with Gasteiger partial charge in [0.15, 0.2) is 0 Å². The van der Waals surface area contributed by atoms with Crippen LogP contribution >= 0.6 is 0 Å². The molecule has 0 radical (unpaired) electrons. The molecule has 6 heteroatoms. The van der Waals surface area contributed by atoms with E-state index in [-0.39, 0.29) is 12.0 Å². The van der Waals surface area contributed by atoms with E-state index in [4.69, 9.17) is 4.74 Å². The highest BCUT2D eigenvalue weighted by molar-refractivity contribution is 5.78. The minimum Gasteiger partial charge on any atom is -0.458 e. The van der Waals surface area contributed by atoms with Crippen LogP contribution in [-0.4, -0.2) is 64.5 Å². The molecule has 6 nitrogen and oxygen atoms in total. The second-order valence-corrected chi connectivity index (χ2v) is 6.92. The molecular weight excluding hydrogens is 316 g/mol. The molecule has 0 aliphatic carbocycles. The molecule has 0 bridgehead atoms. The fourth-order valence-corrected chi connectivity index (χ4v) is 3.65. The van der Waals surface area contributed by atoms with Gasteiger partial charge in [-0.2, -0.15) is 4.98 Å². The Morgan fingerprint density at radius 1 is 1.16 bits per heavy atom. The fraction of sp³-hybridized carbons (Fsp3) is 0.526. The van der Waals surface area contributed by atoms with Gasteiger partial charge in [0.2, 0.25) is 5.91 Å². The van der Waals surface area contributed by atoms with Crippen LogP contribution in [0.3, 0.4) is 0 Å². The largest absolute Gasteiger partial charge is 0.458 e. The Hall–Kier alpha value is -2.21. The number of fused-ring (bicyclic) bond motifs is 1. The quantitative estimate of drug-likeness (QED) is 0.853. The number of likely N-dealkylation sites (tertiary alicyclic amines) is 2. The van der Waals surface area contributed by atoms with Gasteiger partial charge in [-0.05, 0) is 44.8 Å². The molecule has 1 atom stereocenters. The number of ether oxygens (including phenoxy) is 1. The number of rotatable bonds is 4. The lowest BCUT2D eigenvalue weighted by Gasteiger charge is -2.33. The summed E-state index contributed by atoms with van der Waals surface area (Å²) in [7, 11) is 0. The summed E-state index contributed by atoms with van der Waals surface area (Å²) in [5.74, 6) is 0.217. The van der Waals surface area contributed by atoms with Crippen molar-refractivity contribution in [2.24, 2.45) is 0 Å². The summed E-state index contributed by atoms with van der Waals surface area (Å²) in [6, 6.07) is 8.27. The maximum absolute atomic E-state index is 12.5. The standard InChI is InChI=1S/C19H24N4O2/c24-18(14-22-9-3-4-10-22)23-11-5-7-16(13-23)25-19-20-12-15-6-1-2-8-17(15)21-19/h1-2,6,8,12,16H,3-5,7,9-11,13-14H2/t16-/m0/s1. The van der Waals surface area contributed by atoms with Gasteiger partial charge in [-0.3, -0.25) is 9.69 Å². The van der Waals surface area contributed by atoms with E-state index in [2.05, 4.69) is 14.9 Å². The van der Waals surface area contributed by atoms with Gasteiger partial charge in [0.25, 0.3) is 0 Å². The molecule has 2 aliphatic heterocycles. The molecule has 2 fully saturated rings. The maximum Gasteiger partial charge on any atom is 0.317 e. The molecule has 2 aromatic rings. The van der Waals surface area contributed by atoms with Crippen LogP contribution in [0.4, 0.5) is 0 Å². The third-order valence-corrected chi connectivity index (χ3v) is 5.03. The van der Waals surface area contributed by atoms with E-state index in [1.54, 1.807) is 6.20 Å². The average molecular weight is 340 g/mol. The molecule has 1 amide bonds. The summed E-state index contributed by atoms with van der Waals surface area (Å²) in [4.78, 5) is 25.5. The molecule has 1 aromatic heterocycles. The van der Waals surface area contributed by atoms with Crippen LogP contribution in [0.15, 0.2) is 30.5 Å². The number of benzene rings is 1. The molecule has 0 N–H and O–H groups in total. The Morgan fingerprint density at radius 2 is 2.00 bits per heavy atom. The van der Waals surface area contributed by atoms with E-state index in [9.17, 15) is 4.79 Å². The zero-order chi connectivity index (χ0) is 17.1. The Balaban J connectivity index is 1.37. The average Bonchev–Trinajstić information content (AvgIpc) is 3.15. The normalized spacial score (nSPS) is 21.6. The van der Waals surface area contributed by atoms with Gasteiger partial charge in [-0.15, -0.1) is 0 Å². The number of hydrogen-bond acceptors (Lipinski definition) is 5. The molecule has 132 valence electrons. The van der Waals surface area contributed by atoms with Gasteiger partial charge < -0.3 is 9.64 Å². The minimum absolute atomic E-state index is 0.0301. The SMILES string of the molecule is O=C(CN1CCCC1)N1CCC[C@H](Oc2ncc3ccccc3n2)C1. The first-order valence-electron chi connectivity index (χ1n) is 9.16. The molecule has 2 saturated heterocycles. The van der Waals surface area contributed by atoms with Crippen LogP contribution in [0.25, 0.3) is 10.9 Å². The lowest BCUT2D eigenvalue weighted by molar-refractivity contribution is -0.134. The molecule has 3 heterocycles. The molecule has 1 aromatic carbocycles. The second kappa shape index (κ2) is 7.35. The van der Waals surface area contributed by atoms with E-state index >= 15 is 0 Å². The van der Waals surface area contributed by atoms with E-state index in [1.807, 2.05) is 29.2 Å². The zero-order valence-electron chi connectivity index (χ0n) is 14.4. The van der Waals surface area contributed by atoms with Gasteiger partial charge in [0.05, 0.1) is 18.6 Å². The topological polar surface area (TPSA) is 58.6 Å². The Labute approximate surface area is 147 Å². The summed E-state index contributed by atoms with van der Waals surface area (Å²) in [6.45, 7) is 4.09.